The van der Waals surface area contributed by atoms with Crippen LogP contribution >= 0.6 is 0 Å². The van der Waals surface area contributed by atoms with Gasteiger partial charge in [0.1, 0.15) is 0 Å². The van der Waals surface area contributed by atoms with E-state index in [1.807, 2.05) is 21.9 Å². The van der Waals surface area contributed by atoms with Gasteiger partial charge >= 0.3 is 5.97 Å². The lowest BCUT2D eigenvalue weighted by Gasteiger charge is -2.30. The molecule has 0 aliphatic carbocycles. The third-order valence-electron chi connectivity index (χ3n) is 7.48. The van der Waals surface area contributed by atoms with Gasteiger partial charge in [-0.3, -0.25) is 14.5 Å². The molecule has 2 heterocycles. The number of likely N-dealkylation sites (tertiary alicyclic amines) is 1. The molecule has 3 atom stereocenters. The topological polar surface area (TPSA) is 88.5 Å². The minimum absolute atomic E-state index is 0.0404. The van der Waals surface area contributed by atoms with E-state index in [0.29, 0.717) is 36.7 Å². The van der Waals surface area contributed by atoms with Gasteiger partial charge in [-0.15, -0.1) is 0 Å². The molecule has 0 saturated carbocycles. The molecule has 1 saturated heterocycles. The van der Waals surface area contributed by atoms with Crippen LogP contribution in [0, 0.1) is 11.7 Å². The first-order valence-corrected chi connectivity index (χ1v) is 13.4. The molecule has 0 bridgehead atoms. The van der Waals surface area contributed by atoms with E-state index in [2.05, 4.69) is 13.8 Å². The van der Waals surface area contributed by atoms with Crippen LogP contribution in [0.1, 0.15) is 62.6 Å². The first-order chi connectivity index (χ1) is 18.4. The third kappa shape index (κ3) is 5.88. The van der Waals surface area contributed by atoms with Crippen LogP contribution in [0.4, 0.5) is 4.39 Å². The summed E-state index contributed by atoms with van der Waals surface area (Å²) in [4.78, 5) is 30.1. The molecule has 4 rings (SSSR count). The number of ether oxygens (including phenoxy) is 3. The van der Waals surface area contributed by atoms with Crippen molar-refractivity contribution in [3.05, 3.63) is 53.3 Å². The molecule has 0 radical (unpaired) electrons. The first kappa shape index (κ1) is 27.7. The van der Waals surface area contributed by atoms with Gasteiger partial charge in [0.15, 0.2) is 23.1 Å². The van der Waals surface area contributed by atoms with E-state index in [1.165, 1.54) is 19.2 Å². The summed E-state index contributed by atoms with van der Waals surface area (Å²) in [6, 6.07) is 9.26. The Balaban J connectivity index is 1.70. The normalized spacial score (nSPS) is 20.5. The van der Waals surface area contributed by atoms with E-state index >= 15 is 0 Å². The van der Waals surface area contributed by atoms with Gasteiger partial charge in [-0.2, -0.15) is 0 Å². The van der Waals surface area contributed by atoms with Crippen LogP contribution in [-0.2, 0) is 9.59 Å². The van der Waals surface area contributed by atoms with Gasteiger partial charge in [-0.1, -0.05) is 38.8 Å². The molecule has 1 fully saturated rings. The van der Waals surface area contributed by atoms with Crippen LogP contribution in [-0.4, -0.2) is 66.9 Å². The SMILES string of the molecule is CCCCN(CCCC)C(=O)CN1CC(c2ccc3c(c2)OCO3)C(C(=O)O)C1c1ccc(OC)c(F)c1. The fourth-order valence-corrected chi connectivity index (χ4v) is 5.47. The number of hydrogen-bond donors (Lipinski definition) is 1. The highest BCUT2D eigenvalue weighted by atomic mass is 19.1. The maximum absolute atomic E-state index is 14.8. The lowest BCUT2D eigenvalue weighted by atomic mass is 9.82. The number of benzene rings is 2. The number of carboxylic acids is 1. The minimum Gasteiger partial charge on any atom is -0.494 e. The number of hydrogen-bond acceptors (Lipinski definition) is 6. The molecule has 9 heteroatoms. The van der Waals surface area contributed by atoms with Crippen molar-refractivity contribution in [1.29, 1.82) is 0 Å². The summed E-state index contributed by atoms with van der Waals surface area (Å²) < 4.78 is 30.8. The summed E-state index contributed by atoms with van der Waals surface area (Å²) in [7, 11) is 1.38. The zero-order valence-corrected chi connectivity index (χ0v) is 22.3. The third-order valence-corrected chi connectivity index (χ3v) is 7.48. The van der Waals surface area contributed by atoms with Crippen molar-refractivity contribution in [1.82, 2.24) is 9.80 Å². The molecule has 0 aromatic heterocycles. The van der Waals surface area contributed by atoms with Gasteiger partial charge < -0.3 is 24.2 Å². The number of methoxy groups -OCH3 is 1. The number of rotatable bonds is 12. The van der Waals surface area contributed by atoms with Crippen LogP contribution in [0.3, 0.4) is 0 Å². The number of halogens is 1. The summed E-state index contributed by atoms with van der Waals surface area (Å²) in [5, 5.41) is 10.4. The molecular formula is C29H37FN2O6. The summed E-state index contributed by atoms with van der Waals surface area (Å²) in [6.45, 7) is 6.01. The number of nitrogens with zero attached hydrogens (tertiary/aromatic N) is 2. The van der Waals surface area contributed by atoms with Crippen molar-refractivity contribution < 1.29 is 33.3 Å². The Labute approximate surface area is 223 Å². The Morgan fingerprint density at radius 2 is 1.74 bits per heavy atom. The zero-order valence-electron chi connectivity index (χ0n) is 22.3. The Morgan fingerprint density at radius 1 is 1.05 bits per heavy atom. The van der Waals surface area contributed by atoms with E-state index in [1.54, 1.807) is 12.1 Å². The van der Waals surface area contributed by atoms with Crippen LogP contribution in [0.15, 0.2) is 36.4 Å². The highest BCUT2D eigenvalue weighted by Gasteiger charge is 2.48. The van der Waals surface area contributed by atoms with E-state index < -0.39 is 29.7 Å². The maximum atomic E-state index is 14.8. The number of fused-ring (bicyclic) bond motifs is 1. The van der Waals surface area contributed by atoms with E-state index in [0.717, 1.165) is 31.2 Å². The van der Waals surface area contributed by atoms with Crippen molar-refractivity contribution in [3.8, 4) is 17.2 Å². The van der Waals surface area contributed by atoms with Gasteiger partial charge in [0.2, 0.25) is 12.7 Å². The number of carbonyl (C=O) groups is 2. The number of aliphatic carboxylic acids is 1. The van der Waals surface area contributed by atoms with Crippen LogP contribution in [0.25, 0.3) is 0 Å². The molecule has 206 valence electrons. The highest BCUT2D eigenvalue weighted by Crippen LogP contribution is 2.48. The Bertz CT molecular complexity index is 1130. The first-order valence-electron chi connectivity index (χ1n) is 13.4. The second-order valence-electron chi connectivity index (χ2n) is 9.94. The van der Waals surface area contributed by atoms with Crippen molar-refractivity contribution in [3.63, 3.8) is 0 Å². The van der Waals surface area contributed by atoms with Crippen molar-refractivity contribution in [2.24, 2.45) is 5.92 Å². The van der Waals surface area contributed by atoms with Crippen LogP contribution < -0.4 is 14.2 Å². The van der Waals surface area contributed by atoms with Gasteiger partial charge in [0.05, 0.1) is 19.6 Å². The van der Waals surface area contributed by atoms with Crippen molar-refractivity contribution in [2.45, 2.75) is 51.5 Å². The summed E-state index contributed by atoms with van der Waals surface area (Å²) in [5.41, 5.74) is 1.28. The van der Waals surface area contributed by atoms with E-state index in [4.69, 9.17) is 14.2 Å². The number of unbranched alkanes of at least 4 members (excludes halogenated alkanes) is 2. The lowest BCUT2D eigenvalue weighted by Crippen LogP contribution is -2.42. The van der Waals surface area contributed by atoms with Gasteiger partial charge in [0.25, 0.3) is 0 Å². The smallest absolute Gasteiger partial charge is 0.309 e. The average Bonchev–Trinajstić information content (AvgIpc) is 3.53. The minimum atomic E-state index is -1.00. The summed E-state index contributed by atoms with van der Waals surface area (Å²) in [5.74, 6) is -1.70. The second kappa shape index (κ2) is 12.5. The molecule has 1 amide bonds. The average molecular weight is 529 g/mol. The molecule has 0 spiro atoms. The summed E-state index contributed by atoms with van der Waals surface area (Å²) >= 11 is 0. The van der Waals surface area contributed by atoms with Crippen molar-refractivity contribution in [2.75, 3.05) is 40.1 Å². The van der Waals surface area contributed by atoms with Gasteiger partial charge in [0, 0.05) is 31.6 Å². The number of carbonyl (C=O) groups excluding carboxylic acids is 1. The van der Waals surface area contributed by atoms with E-state index in [-0.39, 0.29) is 25.0 Å². The molecule has 2 aromatic carbocycles. The predicted octanol–water partition coefficient (Wildman–Crippen LogP) is 4.83. The Hall–Kier alpha value is -3.33. The molecule has 38 heavy (non-hydrogen) atoms. The number of carboxylic acid groups (broad SMARTS) is 1. The van der Waals surface area contributed by atoms with Crippen molar-refractivity contribution >= 4 is 11.9 Å². The standard InChI is InChI=1S/C29H37FN2O6/c1-4-6-12-31(13-7-5-2)26(33)17-32-16-21(19-8-11-24-25(15-19)38-18-37-24)27(29(34)35)28(32)20-9-10-23(36-3)22(30)14-20/h8-11,14-15,21,27-28H,4-7,12-13,16-18H2,1-3H3,(H,34,35). The molecule has 2 aliphatic heterocycles. The second-order valence-corrected chi connectivity index (χ2v) is 9.94. The Morgan fingerprint density at radius 3 is 2.37 bits per heavy atom. The molecule has 1 N–H and O–H groups in total. The van der Waals surface area contributed by atoms with Gasteiger partial charge in [-0.05, 0) is 48.2 Å². The largest absolute Gasteiger partial charge is 0.494 e. The van der Waals surface area contributed by atoms with Crippen LogP contribution in [0.2, 0.25) is 0 Å². The fourth-order valence-electron chi connectivity index (χ4n) is 5.47. The fraction of sp³-hybridized carbons (Fsp3) is 0.517. The quantitative estimate of drug-likeness (QED) is 0.422. The Kier molecular flexibility index (Phi) is 9.09. The monoisotopic (exact) mass is 528 g/mol. The van der Waals surface area contributed by atoms with Crippen LogP contribution in [0.5, 0.6) is 17.2 Å². The predicted molar refractivity (Wildman–Crippen MR) is 140 cm³/mol. The highest BCUT2D eigenvalue weighted by molar-refractivity contribution is 5.79. The van der Waals surface area contributed by atoms with Gasteiger partial charge in [-0.25, -0.2) is 4.39 Å². The molecular weight excluding hydrogens is 491 g/mol. The zero-order chi connectivity index (χ0) is 27.2. The number of amides is 1. The molecule has 3 unspecified atom stereocenters. The maximum Gasteiger partial charge on any atom is 0.309 e. The molecule has 2 aliphatic rings. The summed E-state index contributed by atoms with van der Waals surface area (Å²) in [6.07, 6.45) is 3.75. The van der Waals surface area contributed by atoms with E-state index in [9.17, 15) is 19.1 Å². The lowest BCUT2D eigenvalue weighted by molar-refractivity contribution is -0.144. The molecule has 8 nitrogen and oxygen atoms in total. The molecule has 2 aromatic rings.